The maximum absolute atomic E-state index is 13.3. The van der Waals surface area contributed by atoms with Gasteiger partial charge in [0.15, 0.2) is 0 Å². The van der Waals surface area contributed by atoms with E-state index in [4.69, 9.17) is 20.5 Å². The zero-order valence-corrected chi connectivity index (χ0v) is 11.6. The van der Waals surface area contributed by atoms with Gasteiger partial charge < -0.3 is 15.2 Å². The van der Waals surface area contributed by atoms with Crippen LogP contribution in [0.4, 0.5) is 4.39 Å². The van der Waals surface area contributed by atoms with E-state index in [1.54, 1.807) is 19.2 Å². The largest absolute Gasteiger partial charge is 0.497 e. The van der Waals surface area contributed by atoms with Gasteiger partial charge in [0.1, 0.15) is 23.9 Å². The van der Waals surface area contributed by atoms with Gasteiger partial charge in [0.25, 0.3) is 0 Å². The van der Waals surface area contributed by atoms with E-state index < -0.39 is 5.82 Å². The predicted molar refractivity (Wildman–Crippen MR) is 76.3 cm³/mol. The van der Waals surface area contributed by atoms with E-state index in [0.29, 0.717) is 29.2 Å². The van der Waals surface area contributed by atoms with Crippen molar-refractivity contribution in [3.8, 4) is 17.6 Å². The number of nitrogens with zero attached hydrogens (tertiary/aromatic N) is 1. The maximum atomic E-state index is 13.3. The van der Waals surface area contributed by atoms with Gasteiger partial charge in [-0.3, -0.25) is 0 Å². The van der Waals surface area contributed by atoms with Gasteiger partial charge >= 0.3 is 0 Å². The van der Waals surface area contributed by atoms with Gasteiger partial charge in [-0.1, -0.05) is 6.07 Å². The zero-order chi connectivity index (χ0) is 15.2. The van der Waals surface area contributed by atoms with Crippen molar-refractivity contribution in [2.45, 2.75) is 13.2 Å². The molecule has 0 spiro atoms. The molecule has 0 atom stereocenters. The van der Waals surface area contributed by atoms with Crippen molar-refractivity contribution in [3.05, 3.63) is 58.9 Å². The van der Waals surface area contributed by atoms with Crippen molar-refractivity contribution in [2.24, 2.45) is 5.73 Å². The van der Waals surface area contributed by atoms with Crippen molar-refractivity contribution in [1.29, 1.82) is 5.26 Å². The second kappa shape index (κ2) is 6.73. The van der Waals surface area contributed by atoms with Crippen LogP contribution in [-0.4, -0.2) is 7.11 Å². The van der Waals surface area contributed by atoms with Crippen LogP contribution in [0.5, 0.6) is 11.5 Å². The van der Waals surface area contributed by atoms with Crippen molar-refractivity contribution in [2.75, 3.05) is 7.11 Å². The number of hydrogen-bond acceptors (Lipinski definition) is 4. The lowest BCUT2D eigenvalue weighted by Crippen LogP contribution is -2.04. The number of nitriles is 1. The summed E-state index contributed by atoms with van der Waals surface area (Å²) in [4.78, 5) is 0. The second-order valence-corrected chi connectivity index (χ2v) is 4.38. The number of hydrogen-bond donors (Lipinski definition) is 1. The Labute approximate surface area is 122 Å². The molecular weight excluding hydrogens is 271 g/mol. The highest BCUT2D eigenvalue weighted by molar-refractivity contribution is 5.42. The first-order valence-corrected chi connectivity index (χ1v) is 6.36. The average molecular weight is 286 g/mol. The van der Waals surface area contributed by atoms with Crippen LogP contribution in [-0.2, 0) is 13.2 Å². The van der Waals surface area contributed by atoms with Crippen LogP contribution in [0.3, 0.4) is 0 Å². The molecule has 108 valence electrons. The number of nitrogens with two attached hydrogens (primary N) is 1. The lowest BCUT2D eigenvalue weighted by Gasteiger charge is -2.12. The Morgan fingerprint density at radius 3 is 2.67 bits per heavy atom. The van der Waals surface area contributed by atoms with Crippen LogP contribution in [0.2, 0.25) is 0 Å². The first kappa shape index (κ1) is 14.8. The first-order valence-electron chi connectivity index (χ1n) is 6.36. The van der Waals surface area contributed by atoms with Gasteiger partial charge in [-0.25, -0.2) is 4.39 Å². The predicted octanol–water partition coefficient (Wildman–Crippen LogP) is 2.74. The lowest BCUT2D eigenvalue weighted by atomic mass is 10.1. The quantitative estimate of drug-likeness (QED) is 0.917. The molecule has 0 amide bonds. The molecular formula is C16H15FN2O2. The summed E-state index contributed by atoms with van der Waals surface area (Å²) in [6.07, 6.45) is 0. The molecule has 0 heterocycles. The maximum Gasteiger partial charge on any atom is 0.127 e. The van der Waals surface area contributed by atoms with Gasteiger partial charge in [-0.05, 0) is 24.3 Å². The van der Waals surface area contributed by atoms with Gasteiger partial charge in [0.05, 0.1) is 18.7 Å². The topological polar surface area (TPSA) is 68.3 Å². The van der Waals surface area contributed by atoms with Crippen molar-refractivity contribution in [1.82, 2.24) is 0 Å². The Hall–Kier alpha value is -2.58. The van der Waals surface area contributed by atoms with E-state index in [0.717, 1.165) is 5.56 Å². The summed E-state index contributed by atoms with van der Waals surface area (Å²) in [5.74, 6) is 0.796. The van der Waals surface area contributed by atoms with Crippen molar-refractivity contribution < 1.29 is 13.9 Å². The Balaban J connectivity index is 2.24. The third-order valence-electron chi connectivity index (χ3n) is 3.07. The molecule has 0 fully saturated rings. The van der Waals surface area contributed by atoms with Gasteiger partial charge in [0, 0.05) is 23.7 Å². The molecule has 0 aliphatic heterocycles. The van der Waals surface area contributed by atoms with E-state index >= 15 is 0 Å². The molecule has 0 radical (unpaired) electrons. The van der Waals surface area contributed by atoms with Crippen LogP contribution in [0, 0.1) is 17.1 Å². The van der Waals surface area contributed by atoms with Crippen molar-refractivity contribution >= 4 is 0 Å². The molecule has 2 aromatic rings. The number of benzene rings is 2. The van der Waals surface area contributed by atoms with Crippen LogP contribution >= 0.6 is 0 Å². The van der Waals surface area contributed by atoms with E-state index in [-0.39, 0.29) is 6.61 Å². The standard InChI is InChI=1S/C16H15FN2O2/c1-20-15-5-3-12(9-19)16(7-15)21-10-13-6-14(17)4-2-11(13)8-18/h2-7H,9-10,19H2,1H3. The lowest BCUT2D eigenvalue weighted by molar-refractivity contribution is 0.299. The monoisotopic (exact) mass is 286 g/mol. The molecule has 2 rings (SSSR count). The number of methoxy groups -OCH3 is 1. The minimum absolute atomic E-state index is 0.0841. The second-order valence-electron chi connectivity index (χ2n) is 4.38. The Morgan fingerprint density at radius 2 is 2.00 bits per heavy atom. The van der Waals surface area contributed by atoms with E-state index in [9.17, 15) is 4.39 Å². The highest BCUT2D eigenvalue weighted by Gasteiger charge is 2.08. The highest BCUT2D eigenvalue weighted by atomic mass is 19.1. The molecule has 2 N–H and O–H groups in total. The Morgan fingerprint density at radius 1 is 1.19 bits per heavy atom. The molecule has 5 heteroatoms. The molecule has 4 nitrogen and oxygen atoms in total. The molecule has 0 aliphatic rings. The molecule has 0 aliphatic carbocycles. The fourth-order valence-corrected chi connectivity index (χ4v) is 1.91. The fraction of sp³-hybridized carbons (Fsp3) is 0.188. The molecule has 0 aromatic heterocycles. The summed E-state index contributed by atoms with van der Waals surface area (Å²) in [7, 11) is 1.56. The van der Waals surface area contributed by atoms with Crippen LogP contribution < -0.4 is 15.2 Å². The fourth-order valence-electron chi connectivity index (χ4n) is 1.91. The number of ether oxygens (including phenoxy) is 2. The molecule has 21 heavy (non-hydrogen) atoms. The zero-order valence-electron chi connectivity index (χ0n) is 11.6. The van der Waals surface area contributed by atoms with Crippen LogP contribution in [0.25, 0.3) is 0 Å². The SMILES string of the molecule is COc1ccc(CN)c(OCc2cc(F)ccc2C#N)c1. The summed E-state index contributed by atoms with van der Waals surface area (Å²) in [5, 5.41) is 9.02. The first-order chi connectivity index (χ1) is 10.2. The Bertz CT molecular complexity index is 680. The van der Waals surface area contributed by atoms with Gasteiger partial charge in [-0.2, -0.15) is 5.26 Å². The summed E-state index contributed by atoms with van der Waals surface area (Å²) >= 11 is 0. The summed E-state index contributed by atoms with van der Waals surface area (Å²) < 4.78 is 24.1. The third-order valence-corrected chi connectivity index (χ3v) is 3.07. The molecule has 0 saturated heterocycles. The summed E-state index contributed by atoms with van der Waals surface area (Å²) in [6, 6.07) is 11.3. The van der Waals surface area contributed by atoms with E-state index in [2.05, 4.69) is 0 Å². The van der Waals surface area contributed by atoms with E-state index in [1.165, 1.54) is 18.2 Å². The third kappa shape index (κ3) is 3.50. The minimum Gasteiger partial charge on any atom is -0.497 e. The molecule has 0 saturated carbocycles. The van der Waals surface area contributed by atoms with Gasteiger partial charge in [-0.15, -0.1) is 0 Å². The highest BCUT2D eigenvalue weighted by Crippen LogP contribution is 2.25. The van der Waals surface area contributed by atoms with Crippen molar-refractivity contribution in [3.63, 3.8) is 0 Å². The Kier molecular flexibility index (Phi) is 4.75. The molecule has 0 bridgehead atoms. The van der Waals surface area contributed by atoms with Crippen LogP contribution in [0.15, 0.2) is 36.4 Å². The van der Waals surface area contributed by atoms with Crippen LogP contribution in [0.1, 0.15) is 16.7 Å². The van der Waals surface area contributed by atoms with E-state index in [1.807, 2.05) is 12.1 Å². The normalized spacial score (nSPS) is 10.0. The minimum atomic E-state index is -0.405. The number of rotatable bonds is 5. The van der Waals surface area contributed by atoms with Gasteiger partial charge in [0.2, 0.25) is 0 Å². The summed E-state index contributed by atoms with van der Waals surface area (Å²) in [6.45, 7) is 0.397. The molecule has 2 aromatic carbocycles. The smallest absolute Gasteiger partial charge is 0.127 e. The average Bonchev–Trinajstić information content (AvgIpc) is 2.52. The summed E-state index contributed by atoms with van der Waals surface area (Å²) in [5.41, 5.74) is 7.34. The molecule has 0 unspecified atom stereocenters. The number of halogens is 1.